The van der Waals surface area contributed by atoms with Crippen LogP contribution in [0.2, 0.25) is 0 Å². The highest BCUT2D eigenvalue weighted by Gasteiger charge is 2.03. The number of aliphatic hydroxyl groups excluding tert-OH is 1. The van der Waals surface area contributed by atoms with Gasteiger partial charge in [-0.15, -0.1) is 0 Å². The Morgan fingerprint density at radius 1 is 1.11 bits per heavy atom. The van der Waals surface area contributed by atoms with Gasteiger partial charge in [-0.1, -0.05) is 0 Å². The van der Waals surface area contributed by atoms with Gasteiger partial charge in [0.25, 0.3) is 0 Å². The van der Waals surface area contributed by atoms with Crippen LogP contribution in [-0.4, -0.2) is 56.6 Å². The van der Waals surface area contributed by atoms with E-state index in [9.17, 15) is 4.39 Å². The average Bonchev–Trinajstić information content (AvgIpc) is 2.42. The van der Waals surface area contributed by atoms with Gasteiger partial charge >= 0.3 is 0 Å². The van der Waals surface area contributed by atoms with Crippen LogP contribution in [0.3, 0.4) is 0 Å². The van der Waals surface area contributed by atoms with Crippen LogP contribution in [0, 0.1) is 5.82 Å². The smallest absolute Gasteiger partial charge is 0.123 e. The van der Waals surface area contributed by atoms with Crippen molar-refractivity contribution in [1.82, 2.24) is 4.90 Å². The molecule has 0 fully saturated rings. The fraction of sp³-hybridized carbons (Fsp3) is 0.571. The zero-order chi connectivity index (χ0) is 13.9. The minimum Gasteiger partial charge on any atom is -0.494 e. The van der Waals surface area contributed by atoms with Crippen molar-refractivity contribution in [2.24, 2.45) is 0 Å². The molecule has 19 heavy (non-hydrogen) atoms. The maximum Gasteiger partial charge on any atom is 0.123 e. The summed E-state index contributed by atoms with van der Waals surface area (Å²) in [5.41, 5.74) is 0. The molecule has 0 saturated heterocycles. The third kappa shape index (κ3) is 7.10. The van der Waals surface area contributed by atoms with E-state index >= 15 is 0 Å². The molecule has 1 aromatic carbocycles. The molecule has 5 heteroatoms. The molecule has 0 saturated carbocycles. The predicted molar refractivity (Wildman–Crippen MR) is 71.9 cm³/mol. The van der Waals surface area contributed by atoms with E-state index in [1.807, 2.05) is 0 Å². The number of aliphatic hydroxyl groups is 1. The van der Waals surface area contributed by atoms with Crippen molar-refractivity contribution in [3.8, 4) is 5.75 Å². The zero-order valence-electron chi connectivity index (χ0n) is 11.3. The first kappa shape index (κ1) is 15.9. The maximum atomic E-state index is 12.7. The Bertz CT molecular complexity index is 332. The zero-order valence-corrected chi connectivity index (χ0v) is 11.3. The van der Waals surface area contributed by atoms with E-state index in [-0.39, 0.29) is 12.4 Å². The molecule has 1 rings (SSSR count). The average molecular weight is 271 g/mol. The van der Waals surface area contributed by atoms with E-state index in [1.165, 1.54) is 12.1 Å². The van der Waals surface area contributed by atoms with Gasteiger partial charge in [0.15, 0.2) is 0 Å². The van der Waals surface area contributed by atoms with Crippen molar-refractivity contribution >= 4 is 0 Å². The lowest BCUT2D eigenvalue weighted by atomic mass is 10.3. The van der Waals surface area contributed by atoms with Crippen LogP contribution in [0.5, 0.6) is 5.75 Å². The minimum atomic E-state index is -0.263. The van der Waals surface area contributed by atoms with Crippen LogP contribution < -0.4 is 4.74 Å². The number of hydrogen-bond donors (Lipinski definition) is 1. The van der Waals surface area contributed by atoms with E-state index in [0.717, 1.165) is 19.5 Å². The number of hydrogen-bond acceptors (Lipinski definition) is 4. The van der Waals surface area contributed by atoms with Crippen molar-refractivity contribution in [3.63, 3.8) is 0 Å². The lowest BCUT2D eigenvalue weighted by molar-refractivity contribution is 0.126. The van der Waals surface area contributed by atoms with Crippen molar-refractivity contribution in [3.05, 3.63) is 30.1 Å². The molecule has 108 valence electrons. The summed E-state index contributed by atoms with van der Waals surface area (Å²) in [4.78, 5) is 2.12. The topological polar surface area (TPSA) is 41.9 Å². The molecule has 1 N–H and O–H groups in total. The molecule has 0 spiro atoms. The summed E-state index contributed by atoms with van der Waals surface area (Å²) in [6, 6.07) is 6.00. The van der Waals surface area contributed by atoms with Gasteiger partial charge in [-0.05, 0) is 30.7 Å². The molecule has 4 nitrogen and oxygen atoms in total. The number of rotatable bonds is 10. The monoisotopic (exact) mass is 271 g/mol. The van der Waals surface area contributed by atoms with Crippen LogP contribution in [0.25, 0.3) is 0 Å². The lowest BCUT2D eigenvalue weighted by Crippen LogP contribution is -2.32. The Morgan fingerprint density at radius 2 is 1.84 bits per heavy atom. The van der Waals surface area contributed by atoms with Gasteiger partial charge in [0.05, 0.1) is 19.8 Å². The Kier molecular flexibility index (Phi) is 8.13. The molecular weight excluding hydrogens is 249 g/mol. The Morgan fingerprint density at radius 3 is 2.47 bits per heavy atom. The second-order valence-electron chi connectivity index (χ2n) is 4.21. The standard InChI is InChI=1S/C14H22FNO3/c1-18-12-9-16(8-10-17)7-2-11-19-14-5-3-13(15)4-6-14/h3-6,17H,2,7-12H2,1H3. The first-order chi connectivity index (χ1) is 9.26. The van der Waals surface area contributed by atoms with Crippen LogP contribution in [0.15, 0.2) is 24.3 Å². The molecule has 0 aliphatic carbocycles. The molecular formula is C14H22FNO3. The van der Waals surface area contributed by atoms with Crippen LogP contribution >= 0.6 is 0 Å². The van der Waals surface area contributed by atoms with E-state index in [0.29, 0.717) is 25.5 Å². The van der Waals surface area contributed by atoms with Crippen LogP contribution in [0.4, 0.5) is 4.39 Å². The van der Waals surface area contributed by atoms with Gasteiger partial charge in [0.2, 0.25) is 0 Å². The molecule has 0 aromatic heterocycles. The Balaban J connectivity index is 2.18. The molecule has 0 aliphatic heterocycles. The van der Waals surface area contributed by atoms with Gasteiger partial charge in [-0.3, -0.25) is 4.90 Å². The molecule has 0 radical (unpaired) electrons. The van der Waals surface area contributed by atoms with Crippen LogP contribution in [0.1, 0.15) is 6.42 Å². The van der Waals surface area contributed by atoms with Crippen molar-refractivity contribution < 1.29 is 19.0 Å². The molecule has 1 aromatic rings. The second-order valence-corrected chi connectivity index (χ2v) is 4.21. The van der Waals surface area contributed by atoms with Gasteiger partial charge < -0.3 is 14.6 Å². The number of nitrogens with zero attached hydrogens (tertiary/aromatic N) is 1. The second kappa shape index (κ2) is 9.72. The number of ether oxygens (including phenoxy) is 2. The lowest BCUT2D eigenvalue weighted by Gasteiger charge is -2.20. The summed E-state index contributed by atoms with van der Waals surface area (Å²) in [6.07, 6.45) is 0.848. The first-order valence-corrected chi connectivity index (χ1v) is 6.46. The highest BCUT2D eigenvalue weighted by Crippen LogP contribution is 2.11. The summed E-state index contributed by atoms with van der Waals surface area (Å²) >= 11 is 0. The van der Waals surface area contributed by atoms with Crippen molar-refractivity contribution in [2.45, 2.75) is 6.42 Å². The summed E-state index contributed by atoms with van der Waals surface area (Å²) in [7, 11) is 1.66. The van der Waals surface area contributed by atoms with Gasteiger partial charge in [-0.25, -0.2) is 4.39 Å². The van der Waals surface area contributed by atoms with E-state index in [4.69, 9.17) is 14.6 Å². The third-order valence-electron chi connectivity index (χ3n) is 2.73. The summed E-state index contributed by atoms with van der Waals surface area (Å²) in [5, 5.41) is 8.95. The summed E-state index contributed by atoms with van der Waals surface area (Å²) < 4.78 is 23.2. The molecule has 0 amide bonds. The SMILES string of the molecule is COCCN(CCO)CCCOc1ccc(F)cc1. The van der Waals surface area contributed by atoms with Gasteiger partial charge in [0.1, 0.15) is 11.6 Å². The van der Waals surface area contributed by atoms with Gasteiger partial charge in [-0.2, -0.15) is 0 Å². The third-order valence-corrected chi connectivity index (χ3v) is 2.73. The predicted octanol–water partition coefficient (Wildman–Crippen LogP) is 1.54. The largest absolute Gasteiger partial charge is 0.494 e. The normalized spacial score (nSPS) is 10.9. The van der Waals surface area contributed by atoms with Crippen molar-refractivity contribution in [1.29, 1.82) is 0 Å². The minimum absolute atomic E-state index is 0.141. The summed E-state index contributed by atoms with van der Waals surface area (Å²) in [6.45, 7) is 3.64. The maximum absolute atomic E-state index is 12.7. The van der Waals surface area contributed by atoms with Crippen LogP contribution in [-0.2, 0) is 4.74 Å². The number of methoxy groups -OCH3 is 1. The molecule has 0 aliphatic rings. The van der Waals surface area contributed by atoms with E-state index in [1.54, 1.807) is 19.2 Å². The van der Waals surface area contributed by atoms with E-state index in [2.05, 4.69) is 4.90 Å². The Labute approximate surface area is 113 Å². The van der Waals surface area contributed by atoms with E-state index < -0.39 is 0 Å². The quantitative estimate of drug-likeness (QED) is 0.655. The fourth-order valence-electron chi connectivity index (χ4n) is 1.71. The number of halogens is 1. The van der Waals surface area contributed by atoms with Crippen molar-refractivity contribution in [2.75, 3.05) is 46.6 Å². The Hall–Kier alpha value is -1.17. The molecule has 0 heterocycles. The molecule has 0 unspecified atom stereocenters. The highest BCUT2D eigenvalue weighted by atomic mass is 19.1. The summed E-state index contributed by atoms with van der Waals surface area (Å²) in [5.74, 6) is 0.410. The fourth-order valence-corrected chi connectivity index (χ4v) is 1.71. The number of benzene rings is 1. The first-order valence-electron chi connectivity index (χ1n) is 6.46. The highest BCUT2D eigenvalue weighted by molar-refractivity contribution is 5.21. The van der Waals surface area contributed by atoms with Gasteiger partial charge in [0, 0.05) is 26.7 Å². The molecule has 0 bridgehead atoms. The molecule has 0 atom stereocenters.